The molecule has 0 saturated heterocycles. The molecule has 0 aliphatic carbocycles. The lowest BCUT2D eigenvalue weighted by Crippen LogP contribution is -2.33. The Kier molecular flexibility index (Phi) is 14.7. The van der Waals surface area contributed by atoms with Crippen LogP contribution in [0.2, 0.25) is 0 Å². The van der Waals surface area contributed by atoms with Crippen molar-refractivity contribution in [2.45, 2.75) is 97.1 Å². The van der Waals surface area contributed by atoms with Gasteiger partial charge in [0.1, 0.15) is 0 Å². The summed E-state index contributed by atoms with van der Waals surface area (Å²) in [5.74, 6) is 0. The van der Waals surface area contributed by atoms with Crippen LogP contribution in [-0.2, 0) is 0 Å². The van der Waals surface area contributed by atoms with Crippen molar-refractivity contribution in [3.05, 3.63) is 0 Å². The number of rotatable bonds is 15. The third-order valence-corrected chi connectivity index (χ3v) is 4.13. The molecular weight excluding hydrogens is 258 g/mol. The van der Waals surface area contributed by atoms with E-state index in [1.165, 1.54) is 57.9 Å². The minimum absolute atomic E-state index is 0.307. The van der Waals surface area contributed by atoms with E-state index in [4.69, 9.17) is 11.5 Å². The van der Waals surface area contributed by atoms with Gasteiger partial charge in [-0.25, -0.2) is 0 Å². The van der Waals surface area contributed by atoms with E-state index in [1.807, 2.05) is 0 Å². The maximum Gasteiger partial charge on any atom is 0.00226 e. The molecule has 0 fully saturated rings. The standard InChI is InChI=1S/C18H41N3/c1-4-5-6-7-8-9-10-11-14-21(15-12-17(2)19)16-13-18(3)20/h17-18H,4-16,19-20H2,1-3H3. The third-order valence-electron chi connectivity index (χ3n) is 4.13. The van der Waals surface area contributed by atoms with Gasteiger partial charge in [0.05, 0.1) is 0 Å². The molecule has 0 aliphatic rings. The molecule has 0 aromatic carbocycles. The monoisotopic (exact) mass is 299 g/mol. The molecule has 0 rings (SSSR count). The SMILES string of the molecule is CCCCCCCCCCN(CCC(C)N)CCC(C)N. The lowest BCUT2D eigenvalue weighted by atomic mass is 10.1. The fraction of sp³-hybridized carbons (Fsp3) is 1.00. The van der Waals surface area contributed by atoms with Crippen molar-refractivity contribution in [2.24, 2.45) is 11.5 Å². The third kappa shape index (κ3) is 16.1. The zero-order valence-electron chi connectivity index (χ0n) is 14.9. The number of unbranched alkanes of at least 4 members (excludes halogenated alkanes) is 7. The molecule has 4 N–H and O–H groups in total. The highest BCUT2D eigenvalue weighted by Crippen LogP contribution is 2.09. The van der Waals surface area contributed by atoms with Crippen LogP contribution in [0.4, 0.5) is 0 Å². The van der Waals surface area contributed by atoms with Gasteiger partial charge in [0.15, 0.2) is 0 Å². The van der Waals surface area contributed by atoms with Gasteiger partial charge in [0.25, 0.3) is 0 Å². The predicted molar refractivity (Wildman–Crippen MR) is 95.6 cm³/mol. The predicted octanol–water partition coefficient (Wildman–Crippen LogP) is 3.90. The Hall–Kier alpha value is -0.120. The number of nitrogens with two attached hydrogens (primary N) is 2. The van der Waals surface area contributed by atoms with Crippen LogP contribution in [0, 0.1) is 0 Å². The van der Waals surface area contributed by atoms with Crippen molar-refractivity contribution in [3.8, 4) is 0 Å². The lowest BCUT2D eigenvalue weighted by Gasteiger charge is -2.24. The van der Waals surface area contributed by atoms with Gasteiger partial charge < -0.3 is 16.4 Å². The Bertz CT molecular complexity index is 193. The summed E-state index contributed by atoms with van der Waals surface area (Å²) in [5.41, 5.74) is 11.8. The molecule has 2 atom stereocenters. The lowest BCUT2D eigenvalue weighted by molar-refractivity contribution is 0.250. The summed E-state index contributed by atoms with van der Waals surface area (Å²) in [6.07, 6.45) is 13.3. The van der Waals surface area contributed by atoms with Gasteiger partial charge in [0.2, 0.25) is 0 Å². The van der Waals surface area contributed by atoms with Gasteiger partial charge >= 0.3 is 0 Å². The molecular formula is C18H41N3. The van der Waals surface area contributed by atoms with Gasteiger partial charge in [-0.15, -0.1) is 0 Å². The Morgan fingerprint density at radius 2 is 1.10 bits per heavy atom. The molecule has 2 unspecified atom stereocenters. The van der Waals surface area contributed by atoms with Crippen molar-refractivity contribution in [2.75, 3.05) is 19.6 Å². The molecule has 0 amide bonds. The van der Waals surface area contributed by atoms with E-state index in [2.05, 4.69) is 25.7 Å². The smallest absolute Gasteiger partial charge is 0.00226 e. The topological polar surface area (TPSA) is 55.3 Å². The van der Waals surface area contributed by atoms with Crippen molar-refractivity contribution in [3.63, 3.8) is 0 Å². The molecule has 0 aromatic rings. The first-order chi connectivity index (χ1) is 10.1. The number of hydrogen-bond donors (Lipinski definition) is 2. The molecule has 128 valence electrons. The van der Waals surface area contributed by atoms with Crippen LogP contribution in [-0.4, -0.2) is 36.6 Å². The summed E-state index contributed by atoms with van der Waals surface area (Å²) in [4.78, 5) is 2.56. The van der Waals surface area contributed by atoms with Gasteiger partial charge in [-0.3, -0.25) is 0 Å². The second-order valence-electron chi connectivity index (χ2n) is 6.85. The molecule has 3 heteroatoms. The number of nitrogens with zero attached hydrogens (tertiary/aromatic N) is 1. The van der Waals surface area contributed by atoms with E-state index in [0.717, 1.165) is 25.9 Å². The first-order valence-corrected chi connectivity index (χ1v) is 9.29. The van der Waals surface area contributed by atoms with Gasteiger partial charge in [-0.1, -0.05) is 51.9 Å². The van der Waals surface area contributed by atoms with Crippen LogP contribution in [0.25, 0.3) is 0 Å². The average molecular weight is 300 g/mol. The zero-order valence-corrected chi connectivity index (χ0v) is 14.9. The van der Waals surface area contributed by atoms with Crippen molar-refractivity contribution < 1.29 is 0 Å². The molecule has 0 spiro atoms. The van der Waals surface area contributed by atoms with Crippen molar-refractivity contribution >= 4 is 0 Å². The molecule has 0 aromatic heterocycles. The molecule has 0 bridgehead atoms. The highest BCUT2D eigenvalue weighted by Gasteiger charge is 2.07. The fourth-order valence-corrected chi connectivity index (χ4v) is 2.58. The minimum atomic E-state index is 0.307. The Morgan fingerprint density at radius 3 is 1.52 bits per heavy atom. The Morgan fingerprint density at radius 1 is 0.667 bits per heavy atom. The first kappa shape index (κ1) is 20.9. The Labute approximate surface area is 133 Å². The molecule has 0 aliphatic heterocycles. The largest absolute Gasteiger partial charge is 0.328 e. The maximum absolute atomic E-state index is 5.88. The van der Waals surface area contributed by atoms with E-state index < -0.39 is 0 Å². The van der Waals surface area contributed by atoms with E-state index in [0.29, 0.717) is 12.1 Å². The maximum atomic E-state index is 5.88. The van der Waals surface area contributed by atoms with Crippen LogP contribution in [0.5, 0.6) is 0 Å². The van der Waals surface area contributed by atoms with Crippen LogP contribution in [0.15, 0.2) is 0 Å². The van der Waals surface area contributed by atoms with E-state index in [1.54, 1.807) is 0 Å². The van der Waals surface area contributed by atoms with Gasteiger partial charge in [-0.05, 0) is 52.7 Å². The molecule has 3 nitrogen and oxygen atoms in total. The number of hydrogen-bond acceptors (Lipinski definition) is 3. The summed E-state index contributed by atoms with van der Waals surface area (Å²) in [6.45, 7) is 9.94. The summed E-state index contributed by atoms with van der Waals surface area (Å²) >= 11 is 0. The van der Waals surface area contributed by atoms with Crippen LogP contribution in [0.1, 0.15) is 85.0 Å². The molecule has 0 radical (unpaired) electrons. The van der Waals surface area contributed by atoms with Crippen LogP contribution in [0.3, 0.4) is 0 Å². The van der Waals surface area contributed by atoms with Crippen molar-refractivity contribution in [1.29, 1.82) is 0 Å². The highest BCUT2D eigenvalue weighted by atomic mass is 15.1. The Balaban J connectivity index is 3.64. The summed E-state index contributed by atoms with van der Waals surface area (Å²) in [5, 5.41) is 0. The molecule has 21 heavy (non-hydrogen) atoms. The molecule has 0 heterocycles. The van der Waals surface area contributed by atoms with Crippen molar-refractivity contribution in [1.82, 2.24) is 4.90 Å². The second kappa shape index (κ2) is 14.8. The summed E-state index contributed by atoms with van der Waals surface area (Å²) in [7, 11) is 0. The fourth-order valence-electron chi connectivity index (χ4n) is 2.58. The summed E-state index contributed by atoms with van der Waals surface area (Å²) < 4.78 is 0. The first-order valence-electron chi connectivity index (χ1n) is 9.29. The zero-order chi connectivity index (χ0) is 15.9. The normalized spacial score (nSPS) is 14.6. The second-order valence-corrected chi connectivity index (χ2v) is 6.85. The summed E-state index contributed by atoms with van der Waals surface area (Å²) in [6, 6.07) is 0.614. The quantitative estimate of drug-likeness (QED) is 0.451. The average Bonchev–Trinajstić information content (AvgIpc) is 2.43. The van der Waals surface area contributed by atoms with E-state index in [-0.39, 0.29) is 0 Å². The highest BCUT2D eigenvalue weighted by molar-refractivity contribution is 4.65. The van der Waals surface area contributed by atoms with Crippen LogP contribution >= 0.6 is 0 Å². The molecule has 0 saturated carbocycles. The van der Waals surface area contributed by atoms with Gasteiger partial charge in [-0.2, -0.15) is 0 Å². The van der Waals surface area contributed by atoms with Gasteiger partial charge in [0, 0.05) is 12.1 Å². The van der Waals surface area contributed by atoms with Crippen LogP contribution < -0.4 is 11.5 Å². The van der Waals surface area contributed by atoms with E-state index >= 15 is 0 Å². The minimum Gasteiger partial charge on any atom is -0.328 e. The van der Waals surface area contributed by atoms with E-state index in [9.17, 15) is 0 Å².